The van der Waals surface area contributed by atoms with Gasteiger partial charge >= 0.3 is 0 Å². The second-order valence-electron chi connectivity index (χ2n) is 5.11. The van der Waals surface area contributed by atoms with Gasteiger partial charge in [-0.15, -0.1) is 21.5 Å². The molecule has 2 aromatic heterocycles. The highest BCUT2D eigenvalue weighted by Crippen LogP contribution is 2.22. The van der Waals surface area contributed by atoms with E-state index in [0.29, 0.717) is 22.8 Å². The molecule has 1 aromatic carbocycles. The van der Waals surface area contributed by atoms with E-state index >= 15 is 0 Å². The lowest BCUT2D eigenvalue weighted by Crippen LogP contribution is -1.96. The fourth-order valence-corrected chi connectivity index (χ4v) is 3.00. The summed E-state index contributed by atoms with van der Waals surface area (Å²) < 4.78 is 6.24. The highest BCUT2D eigenvalue weighted by Gasteiger charge is 2.08. The maximum absolute atomic E-state index is 5.82. The third-order valence-corrected chi connectivity index (χ3v) is 4.45. The van der Waals surface area contributed by atoms with Gasteiger partial charge in [0.1, 0.15) is 0 Å². The van der Waals surface area contributed by atoms with Crippen LogP contribution in [0.3, 0.4) is 0 Å². The van der Waals surface area contributed by atoms with E-state index in [-0.39, 0.29) is 0 Å². The van der Waals surface area contributed by atoms with Crippen LogP contribution in [0.4, 0.5) is 5.69 Å². The predicted molar refractivity (Wildman–Crippen MR) is 92.8 cm³/mol. The van der Waals surface area contributed by atoms with E-state index in [1.165, 1.54) is 11.3 Å². The van der Waals surface area contributed by atoms with Crippen LogP contribution in [-0.4, -0.2) is 15.2 Å². The summed E-state index contributed by atoms with van der Waals surface area (Å²) in [7, 11) is 0. The van der Waals surface area contributed by atoms with Crippen molar-refractivity contribution in [3.8, 4) is 11.5 Å². The van der Waals surface area contributed by atoms with Crippen molar-refractivity contribution < 1.29 is 4.42 Å². The Balaban J connectivity index is 1.61. The Hall–Kier alpha value is -1.92. The monoisotopic (exact) mass is 348 g/mol. The lowest BCUT2D eigenvalue weighted by atomic mass is 10.2. The molecule has 0 aliphatic carbocycles. The number of aryl methyl sites for hydroxylation is 1. The molecule has 0 aliphatic heterocycles. The number of rotatable bonds is 7. The third kappa shape index (κ3) is 4.30. The highest BCUT2D eigenvalue weighted by atomic mass is 35.5. The smallest absolute Gasteiger partial charge is 0.247 e. The minimum absolute atomic E-state index is 0.562. The van der Waals surface area contributed by atoms with Gasteiger partial charge in [0, 0.05) is 28.7 Å². The minimum atomic E-state index is 0.562. The maximum atomic E-state index is 5.82. The van der Waals surface area contributed by atoms with Gasteiger partial charge in [0.15, 0.2) is 4.47 Å². The summed E-state index contributed by atoms with van der Waals surface area (Å²) in [4.78, 5) is 5.12. The number of hydrogen-bond donors (Lipinski definition) is 1. The molecule has 0 fully saturated rings. The Labute approximate surface area is 143 Å². The Kier molecular flexibility index (Phi) is 5.25. The Morgan fingerprint density at radius 3 is 2.74 bits per heavy atom. The molecule has 0 bridgehead atoms. The summed E-state index contributed by atoms with van der Waals surface area (Å²) in [5, 5.41) is 11.5. The molecule has 3 aromatic rings. The van der Waals surface area contributed by atoms with E-state index in [1.54, 1.807) is 6.20 Å². The Morgan fingerprint density at radius 1 is 1.22 bits per heavy atom. The van der Waals surface area contributed by atoms with Crippen molar-refractivity contribution >= 4 is 28.6 Å². The molecular weight excluding hydrogens is 332 g/mol. The van der Waals surface area contributed by atoms with Crippen LogP contribution in [-0.2, 0) is 13.0 Å². The van der Waals surface area contributed by atoms with Gasteiger partial charge in [-0.05, 0) is 30.7 Å². The van der Waals surface area contributed by atoms with E-state index in [9.17, 15) is 0 Å². The third-order valence-electron chi connectivity index (χ3n) is 3.33. The summed E-state index contributed by atoms with van der Waals surface area (Å²) in [5.41, 5.74) is 1.94. The van der Waals surface area contributed by atoms with Crippen LogP contribution in [0, 0.1) is 0 Å². The molecule has 0 saturated heterocycles. The molecule has 0 aliphatic rings. The summed E-state index contributed by atoms with van der Waals surface area (Å²) >= 11 is 7.30. The van der Waals surface area contributed by atoms with Crippen molar-refractivity contribution in [1.82, 2.24) is 15.2 Å². The van der Waals surface area contributed by atoms with Gasteiger partial charge in [-0.1, -0.05) is 24.9 Å². The quantitative estimate of drug-likeness (QED) is 0.664. The van der Waals surface area contributed by atoms with Gasteiger partial charge in [-0.2, -0.15) is 0 Å². The average Bonchev–Trinajstić information content (AvgIpc) is 3.20. The van der Waals surface area contributed by atoms with E-state index in [0.717, 1.165) is 35.4 Å². The fraction of sp³-hybridized carbons (Fsp3) is 0.312. The van der Waals surface area contributed by atoms with Crippen molar-refractivity contribution in [3.63, 3.8) is 0 Å². The lowest BCUT2D eigenvalue weighted by molar-refractivity contribution is 0.496. The summed E-state index contributed by atoms with van der Waals surface area (Å²) in [6.07, 6.45) is 4.79. The summed E-state index contributed by atoms with van der Waals surface area (Å²) in [6.45, 7) is 2.84. The first kappa shape index (κ1) is 16.0. The lowest BCUT2D eigenvalue weighted by Gasteiger charge is -2.04. The number of nitrogens with zero attached hydrogens (tertiary/aromatic N) is 3. The van der Waals surface area contributed by atoms with Crippen LogP contribution in [0.1, 0.15) is 30.5 Å². The second kappa shape index (κ2) is 7.57. The van der Waals surface area contributed by atoms with E-state index in [2.05, 4.69) is 27.4 Å². The molecule has 5 nitrogen and oxygen atoms in total. The number of hydrogen-bond acceptors (Lipinski definition) is 6. The molecule has 0 amide bonds. The first-order valence-corrected chi connectivity index (χ1v) is 8.71. The molecule has 2 heterocycles. The van der Waals surface area contributed by atoms with E-state index in [1.807, 2.05) is 24.3 Å². The number of aromatic nitrogens is 3. The maximum Gasteiger partial charge on any atom is 0.247 e. The molecule has 120 valence electrons. The van der Waals surface area contributed by atoms with Gasteiger partial charge in [-0.25, -0.2) is 4.98 Å². The SMILES string of the molecule is CCCCc1nnc(-c2ccc(NCc3cnc(Cl)s3)cc2)o1. The number of anilines is 1. The van der Waals surface area contributed by atoms with Crippen LogP contribution in [0.2, 0.25) is 4.47 Å². The van der Waals surface area contributed by atoms with Crippen LogP contribution in [0.15, 0.2) is 34.9 Å². The largest absolute Gasteiger partial charge is 0.421 e. The van der Waals surface area contributed by atoms with Crippen molar-refractivity contribution in [3.05, 3.63) is 45.7 Å². The van der Waals surface area contributed by atoms with Gasteiger partial charge in [0.2, 0.25) is 11.8 Å². The van der Waals surface area contributed by atoms with Gasteiger partial charge in [0.05, 0.1) is 6.54 Å². The Morgan fingerprint density at radius 2 is 2.04 bits per heavy atom. The topological polar surface area (TPSA) is 63.8 Å². The standard InChI is InChI=1S/C16H17ClN4OS/c1-2-3-4-14-20-21-15(22-14)11-5-7-12(8-6-11)18-9-13-10-19-16(17)23-13/h5-8,10,18H,2-4,9H2,1H3. The predicted octanol–water partition coefficient (Wildman–Crippen LogP) is 4.80. The zero-order chi connectivity index (χ0) is 16.1. The highest BCUT2D eigenvalue weighted by molar-refractivity contribution is 7.15. The van der Waals surface area contributed by atoms with Crippen molar-refractivity contribution in [2.45, 2.75) is 32.7 Å². The molecular formula is C16H17ClN4OS. The number of nitrogens with one attached hydrogen (secondary N) is 1. The second-order valence-corrected chi connectivity index (χ2v) is 6.81. The van der Waals surface area contributed by atoms with Crippen molar-refractivity contribution in [2.24, 2.45) is 0 Å². The molecule has 0 radical (unpaired) electrons. The molecule has 3 rings (SSSR count). The number of halogens is 1. The first-order valence-electron chi connectivity index (χ1n) is 7.51. The molecule has 1 N–H and O–H groups in total. The zero-order valence-corrected chi connectivity index (χ0v) is 14.3. The van der Waals surface area contributed by atoms with Crippen LogP contribution < -0.4 is 5.32 Å². The first-order chi connectivity index (χ1) is 11.2. The van der Waals surface area contributed by atoms with Gasteiger partial charge < -0.3 is 9.73 Å². The van der Waals surface area contributed by atoms with E-state index < -0.39 is 0 Å². The van der Waals surface area contributed by atoms with Gasteiger partial charge in [-0.3, -0.25) is 0 Å². The van der Waals surface area contributed by atoms with E-state index in [4.69, 9.17) is 16.0 Å². The molecule has 0 atom stereocenters. The minimum Gasteiger partial charge on any atom is -0.421 e. The molecule has 0 saturated carbocycles. The van der Waals surface area contributed by atoms with Crippen LogP contribution >= 0.6 is 22.9 Å². The molecule has 0 unspecified atom stereocenters. The number of benzene rings is 1. The fourth-order valence-electron chi connectivity index (χ4n) is 2.08. The molecule has 0 spiro atoms. The number of thiazole rings is 1. The molecule has 7 heteroatoms. The summed E-state index contributed by atoms with van der Waals surface area (Å²) in [6, 6.07) is 7.93. The van der Waals surface area contributed by atoms with Gasteiger partial charge in [0.25, 0.3) is 0 Å². The van der Waals surface area contributed by atoms with Crippen molar-refractivity contribution in [1.29, 1.82) is 0 Å². The van der Waals surface area contributed by atoms with Crippen LogP contribution in [0.25, 0.3) is 11.5 Å². The zero-order valence-electron chi connectivity index (χ0n) is 12.8. The number of unbranched alkanes of at least 4 members (excludes halogenated alkanes) is 1. The van der Waals surface area contributed by atoms with Crippen LogP contribution in [0.5, 0.6) is 0 Å². The molecule has 23 heavy (non-hydrogen) atoms. The Bertz CT molecular complexity index is 754. The van der Waals surface area contributed by atoms with Crippen molar-refractivity contribution in [2.75, 3.05) is 5.32 Å². The average molecular weight is 349 g/mol. The summed E-state index contributed by atoms with van der Waals surface area (Å²) in [5.74, 6) is 1.27. The normalized spacial score (nSPS) is 10.9.